The third kappa shape index (κ3) is 5.47. The average Bonchev–Trinajstić information content (AvgIpc) is 3.11. The second-order valence-corrected chi connectivity index (χ2v) is 7.60. The molecule has 0 saturated carbocycles. The van der Waals surface area contributed by atoms with Gasteiger partial charge < -0.3 is 14.3 Å². The van der Waals surface area contributed by atoms with Crippen LogP contribution in [0, 0.1) is 18.3 Å². The summed E-state index contributed by atoms with van der Waals surface area (Å²) in [4.78, 5) is 11.6. The fraction of sp³-hybridized carbons (Fsp3) is 0.100. The second kappa shape index (κ2) is 9.41. The zero-order chi connectivity index (χ0) is 20.8. The van der Waals surface area contributed by atoms with Crippen molar-refractivity contribution in [1.29, 1.82) is 5.26 Å². The molecule has 0 fully saturated rings. The molecule has 3 rings (SSSR count). The van der Waals surface area contributed by atoms with Gasteiger partial charge in [0.25, 0.3) is 5.22 Å². The van der Waals surface area contributed by atoms with Crippen molar-refractivity contribution in [3.8, 4) is 11.8 Å². The molecule has 0 unspecified atom stereocenters. The summed E-state index contributed by atoms with van der Waals surface area (Å²) >= 11 is 4.32. The van der Waals surface area contributed by atoms with Crippen molar-refractivity contribution in [3.63, 3.8) is 0 Å². The third-order valence-corrected chi connectivity index (χ3v) is 5.16. The van der Waals surface area contributed by atoms with Crippen molar-refractivity contribution in [2.45, 2.75) is 18.8 Å². The molecule has 0 atom stereocenters. The van der Waals surface area contributed by atoms with Gasteiger partial charge in [-0.25, -0.2) is 4.79 Å². The number of nitriles is 1. The second-order valence-electron chi connectivity index (χ2n) is 5.75. The van der Waals surface area contributed by atoms with Crippen molar-refractivity contribution in [3.05, 3.63) is 74.4 Å². The maximum Gasteiger partial charge on any atom is 0.342 e. The molecule has 0 aliphatic carbocycles. The van der Waals surface area contributed by atoms with Gasteiger partial charge in [-0.2, -0.15) is 5.26 Å². The fourth-order valence-corrected chi connectivity index (χ4v) is 3.56. The van der Waals surface area contributed by atoms with Crippen LogP contribution in [0.4, 0.5) is 0 Å². The predicted molar refractivity (Wildman–Crippen MR) is 110 cm³/mol. The normalized spacial score (nSPS) is 11.1. The lowest BCUT2D eigenvalue weighted by atomic mass is 10.1. The van der Waals surface area contributed by atoms with Gasteiger partial charge in [0.2, 0.25) is 5.89 Å². The van der Waals surface area contributed by atoms with E-state index < -0.39 is 5.97 Å². The number of carbonyl (C=O) groups is 1. The highest BCUT2D eigenvalue weighted by atomic mass is 79.9. The summed E-state index contributed by atoms with van der Waals surface area (Å²) in [5.74, 6) is -0.165. The number of carboxylic acids is 1. The molecule has 0 spiro atoms. The van der Waals surface area contributed by atoms with Gasteiger partial charge in [-0.3, -0.25) is 0 Å². The molecule has 1 aromatic heterocycles. The zero-order valence-corrected chi connectivity index (χ0v) is 17.5. The summed E-state index contributed by atoms with van der Waals surface area (Å²) in [6.45, 7) is 1.87. The van der Waals surface area contributed by atoms with E-state index in [4.69, 9.17) is 14.4 Å². The minimum atomic E-state index is -1.10. The number of halogens is 1. The Kier molecular flexibility index (Phi) is 6.69. The number of nitrogens with zero attached hydrogens (tertiary/aromatic N) is 3. The van der Waals surface area contributed by atoms with E-state index in [0.29, 0.717) is 27.2 Å². The molecule has 0 saturated heterocycles. The molecule has 0 bridgehead atoms. The first-order chi connectivity index (χ1) is 14.0. The monoisotopic (exact) mass is 471 g/mol. The van der Waals surface area contributed by atoms with E-state index >= 15 is 0 Å². The maximum absolute atomic E-state index is 11.5. The number of aryl methyl sites for hydroxylation is 1. The van der Waals surface area contributed by atoms with Crippen molar-refractivity contribution >= 4 is 39.7 Å². The lowest BCUT2D eigenvalue weighted by molar-refractivity contribution is -0.131. The Morgan fingerprint density at radius 2 is 2.14 bits per heavy atom. The Balaban J connectivity index is 1.76. The smallest absolute Gasteiger partial charge is 0.342 e. The van der Waals surface area contributed by atoms with Gasteiger partial charge in [0, 0.05) is 12.5 Å². The topological polar surface area (TPSA) is 109 Å². The fourth-order valence-electron chi connectivity index (χ4n) is 2.33. The van der Waals surface area contributed by atoms with E-state index in [1.54, 1.807) is 37.3 Å². The molecule has 2 aromatic carbocycles. The maximum atomic E-state index is 11.5. The molecule has 29 heavy (non-hydrogen) atoms. The first kappa shape index (κ1) is 20.6. The molecule has 0 radical (unpaired) electrons. The Hall–Kier alpha value is -3.09. The first-order valence-electron chi connectivity index (χ1n) is 8.29. The van der Waals surface area contributed by atoms with Crippen molar-refractivity contribution < 1.29 is 19.1 Å². The van der Waals surface area contributed by atoms with Crippen LogP contribution in [-0.4, -0.2) is 21.3 Å². The number of rotatable bonds is 7. The number of hydrogen-bond donors (Lipinski definition) is 1. The van der Waals surface area contributed by atoms with E-state index in [1.165, 1.54) is 6.08 Å². The SMILES string of the molecule is Cc1nnc(S/C(=C\c2ccc(OCc3ccccc3C#N)c(Br)c2)C(=O)O)o1. The molecule has 0 aliphatic rings. The Morgan fingerprint density at radius 3 is 2.79 bits per heavy atom. The van der Waals surface area contributed by atoms with Gasteiger partial charge >= 0.3 is 5.97 Å². The summed E-state index contributed by atoms with van der Waals surface area (Å²) in [6, 6.07) is 14.6. The van der Waals surface area contributed by atoms with Crippen LogP contribution in [0.3, 0.4) is 0 Å². The third-order valence-electron chi connectivity index (χ3n) is 3.69. The molecule has 9 heteroatoms. The van der Waals surface area contributed by atoms with Crippen molar-refractivity contribution in [2.24, 2.45) is 0 Å². The van der Waals surface area contributed by atoms with E-state index in [2.05, 4.69) is 32.2 Å². The Bertz CT molecular complexity index is 1120. The van der Waals surface area contributed by atoms with Crippen molar-refractivity contribution in [1.82, 2.24) is 10.2 Å². The highest BCUT2D eigenvalue weighted by molar-refractivity contribution is 9.10. The zero-order valence-electron chi connectivity index (χ0n) is 15.1. The van der Waals surface area contributed by atoms with Gasteiger partial charge in [0.15, 0.2) is 0 Å². The lowest BCUT2D eigenvalue weighted by Crippen LogP contribution is -1.99. The number of benzene rings is 2. The lowest BCUT2D eigenvalue weighted by Gasteiger charge is -2.10. The predicted octanol–water partition coefficient (Wildman–Crippen LogP) is 4.81. The summed E-state index contributed by atoms with van der Waals surface area (Å²) in [5, 5.41) is 26.2. The van der Waals surface area contributed by atoms with Crippen LogP contribution in [0.1, 0.15) is 22.6 Å². The van der Waals surface area contributed by atoms with Gasteiger partial charge in [0.1, 0.15) is 17.3 Å². The standard InChI is InChI=1S/C20H14BrN3O4S/c1-12-23-24-20(28-12)29-18(19(25)26)9-13-6-7-17(16(21)8-13)27-11-15-5-3-2-4-14(15)10-22/h2-9H,11H2,1H3,(H,25,26)/b18-9-. The van der Waals surface area contributed by atoms with Gasteiger partial charge in [-0.15, -0.1) is 10.2 Å². The number of ether oxygens (including phenoxy) is 1. The summed E-state index contributed by atoms with van der Waals surface area (Å²) in [7, 11) is 0. The van der Waals surface area contributed by atoms with E-state index in [9.17, 15) is 9.90 Å². The van der Waals surface area contributed by atoms with E-state index in [-0.39, 0.29) is 16.7 Å². The first-order valence-corrected chi connectivity index (χ1v) is 9.90. The summed E-state index contributed by atoms with van der Waals surface area (Å²) in [6.07, 6.45) is 1.51. The Morgan fingerprint density at radius 1 is 1.34 bits per heavy atom. The highest BCUT2D eigenvalue weighted by Gasteiger charge is 2.15. The van der Waals surface area contributed by atoms with E-state index in [0.717, 1.165) is 17.3 Å². The van der Waals surface area contributed by atoms with Gasteiger partial charge in [-0.1, -0.05) is 24.3 Å². The molecule has 3 aromatic rings. The molecular formula is C20H14BrN3O4S. The minimum absolute atomic E-state index is 0.0390. The number of aliphatic carboxylic acids is 1. The number of aromatic nitrogens is 2. The number of thioether (sulfide) groups is 1. The van der Waals surface area contributed by atoms with Crippen LogP contribution in [-0.2, 0) is 11.4 Å². The summed E-state index contributed by atoms with van der Waals surface area (Å²) in [5.41, 5.74) is 2.00. The quantitative estimate of drug-likeness (QED) is 0.386. The van der Waals surface area contributed by atoms with Crippen LogP contribution < -0.4 is 4.74 Å². The van der Waals surface area contributed by atoms with Crippen LogP contribution in [0.25, 0.3) is 6.08 Å². The molecular weight excluding hydrogens is 458 g/mol. The average molecular weight is 472 g/mol. The molecule has 1 N–H and O–H groups in total. The van der Waals surface area contributed by atoms with Crippen molar-refractivity contribution in [2.75, 3.05) is 0 Å². The van der Waals surface area contributed by atoms with Gasteiger partial charge in [0.05, 0.1) is 16.1 Å². The van der Waals surface area contributed by atoms with E-state index in [1.807, 2.05) is 12.1 Å². The van der Waals surface area contributed by atoms with Crippen LogP contribution in [0.5, 0.6) is 5.75 Å². The largest absolute Gasteiger partial charge is 0.488 e. The molecule has 0 aliphatic heterocycles. The minimum Gasteiger partial charge on any atom is -0.488 e. The van der Waals surface area contributed by atoms with Gasteiger partial charge in [-0.05, 0) is 57.5 Å². The Labute approximate surface area is 179 Å². The number of carboxylic acid groups (broad SMARTS) is 1. The van der Waals surface area contributed by atoms with Crippen LogP contribution in [0.2, 0.25) is 0 Å². The highest BCUT2D eigenvalue weighted by Crippen LogP contribution is 2.31. The molecule has 146 valence electrons. The number of hydrogen-bond acceptors (Lipinski definition) is 7. The molecule has 0 amide bonds. The molecule has 7 nitrogen and oxygen atoms in total. The van der Waals surface area contributed by atoms with Crippen LogP contribution in [0.15, 0.2) is 61.5 Å². The molecule has 1 heterocycles. The van der Waals surface area contributed by atoms with Crippen LogP contribution >= 0.6 is 27.7 Å². The summed E-state index contributed by atoms with van der Waals surface area (Å²) < 4.78 is 11.7.